The SMILES string of the molecule is COCCOCC(=O)N1CCN(C(=O)c2c(OC)cccc2OC)CC1. The van der Waals surface area contributed by atoms with Crippen LogP contribution in [0, 0.1) is 0 Å². The Morgan fingerprint density at radius 3 is 2.04 bits per heavy atom. The van der Waals surface area contributed by atoms with Gasteiger partial charge in [0.15, 0.2) is 0 Å². The van der Waals surface area contributed by atoms with Crippen molar-refractivity contribution in [2.45, 2.75) is 0 Å². The predicted molar refractivity (Wildman–Crippen MR) is 94.7 cm³/mol. The van der Waals surface area contributed by atoms with Gasteiger partial charge in [0.25, 0.3) is 5.91 Å². The number of amides is 2. The van der Waals surface area contributed by atoms with E-state index in [0.29, 0.717) is 56.5 Å². The van der Waals surface area contributed by atoms with Gasteiger partial charge in [-0.15, -0.1) is 0 Å². The molecule has 1 heterocycles. The molecule has 0 bridgehead atoms. The third kappa shape index (κ3) is 4.86. The number of piperazine rings is 1. The summed E-state index contributed by atoms with van der Waals surface area (Å²) in [6, 6.07) is 5.23. The number of hydrogen-bond donors (Lipinski definition) is 0. The number of carbonyl (C=O) groups is 2. The van der Waals surface area contributed by atoms with Crippen LogP contribution in [0.15, 0.2) is 18.2 Å². The van der Waals surface area contributed by atoms with Crippen LogP contribution >= 0.6 is 0 Å². The number of carbonyl (C=O) groups excluding carboxylic acids is 2. The molecule has 1 saturated heterocycles. The summed E-state index contributed by atoms with van der Waals surface area (Å²) < 4.78 is 20.7. The Morgan fingerprint density at radius 2 is 1.50 bits per heavy atom. The molecule has 1 aromatic rings. The van der Waals surface area contributed by atoms with Crippen LogP contribution in [0.3, 0.4) is 0 Å². The van der Waals surface area contributed by atoms with Crippen molar-refractivity contribution in [3.8, 4) is 11.5 Å². The van der Waals surface area contributed by atoms with E-state index in [2.05, 4.69) is 0 Å². The first-order valence-electron chi connectivity index (χ1n) is 8.47. The van der Waals surface area contributed by atoms with Crippen molar-refractivity contribution in [1.29, 1.82) is 0 Å². The Hall–Kier alpha value is -2.32. The van der Waals surface area contributed by atoms with Crippen molar-refractivity contribution in [3.63, 3.8) is 0 Å². The van der Waals surface area contributed by atoms with Gasteiger partial charge in [0, 0.05) is 33.3 Å². The van der Waals surface area contributed by atoms with E-state index in [0.717, 1.165) is 0 Å². The van der Waals surface area contributed by atoms with E-state index in [4.69, 9.17) is 18.9 Å². The van der Waals surface area contributed by atoms with Crippen molar-refractivity contribution < 1.29 is 28.5 Å². The number of nitrogens with zero attached hydrogens (tertiary/aromatic N) is 2. The van der Waals surface area contributed by atoms with Crippen LogP contribution in [0.5, 0.6) is 11.5 Å². The number of ether oxygens (including phenoxy) is 4. The summed E-state index contributed by atoms with van der Waals surface area (Å²) >= 11 is 0. The van der Waals surface area contributed by atoms with Gasteiger partial charge in [0.2, 0.25) is 5.91 Å². The second-order valence-corrected chi connectivity index (χ2v) is 5.76. The van der Waals surface area contributed by atoms with E-state index >= 15 is 0 Å². The van der Waals surface area contributed by atoms with E-state index in [1.807, 2.05) is 0 Å². The quantitative estimate of drug-likeness (QED) is 0.629. The number of rotatable bonds is 8. The van der Waals surface area contributed by atoms with Crippen LogP contribution < -0.4 is 9.47 Å². The third-order valence-corrected chi connectivity index (χ3v) is 4.22. The Kier molecular flexibility index (Phi) is 7.68. The molecule has 1 aliphatic rings. The number of hydrogen-bond acceptors (Lipinski definition) is 6. The van der Waals surface area contributed by atoms with Crippen LogP contribution in [0.2, 0.25) is 0 Å². The topological polar surface area (TPSA) is 77.5 Å². The highest BCUT2D eigenvalue weighted by atomic mass is 16.5. The molecule has 1 aliphatic heterocycles. The molecule has 0 aliphatic carbocycles. The summed E-state index contributed by atoms with van der Waals surface area (Å²) in [5.74, 6) is 0.699. The number of benzene rings is 1. The zero-order chi connectivity index (χ0) is 18.9. The lowest BCUT2D eigenvalue weighted by Gasteiger charge is -2.35. The molecule has 1 fully saturated rings. The molecular formula is C18H26N2O6. The van der Waals surface area contributed by atoms with Crippen molar-refractivity contribution in [2.24, 2.45) is 0 Å². The predicted octanol–water partition coefficient (Wildman–Crippen LogP) is 0.651. The smallest absolute Gasteiger partial charge is 0.261 e. The zero-order valence-corrected chi connectivity index (χ0v) is 15.5. The maximum Gasteiger partial charge on any atom is 0.261 e. The molecule has 0 radical (unpaired) electrons. The van der Waals surface area contributed by atoms with Crippen LogP contribution in [-0.2, 0) is 14.3 Å². The van der Waals surface area contributed by atoms with Gasteiger partial charge in [-0.25, -0.2) is 0 Å². The summed E-state index contributed by atoms with van der Waals surface area (Å²) in [4.78, 5) is 28.4. The van der Waals surface area contributed by atoms with Crippen LogP contribution in [0.25, 0.3) is 0 Å². The summed E-state index contributed by atoms with van der Waals surface area (Å²) in [6.45, 7) is 2.70. The monoisotopic (exact) mass is 366 g/mol. The minimum Gasteiger partial charge on any atom is -0.496 e. The molecule has 2 amide bonds. The fourth-order valence-corrected chi connectivity index (χ4v) is 2.77. The molecule has 8 nitrogen and oxygen atoms in total. The second kappa shape index (κ2) is 9.98. The summed E-state index contributed by atoms with van der Waals surface area (Å²) in [5, 5.41) is 0. The van der Waals surface area contributed by atoms with Gasteiger partial charge in [0.1, 0.15) is 23.7 Å². The van der Waals surface area contributed by atoms with E-state index in [9.17, 15) is 9.59 Å². The van der Waals surface area contributed by atoms with Crippen molar-refractivity contribution >= 4 is 11.8 Å². The molecule has 2 rings (SSSR count). The van der Waals surface area contributed by atoms with E-state index in [1.54, 1.807) is 35.1 Å². The van der Waals surface area contributed by atoms with Gasteiger partial charge < -0.3 is 28.7 Å². The lowest BCUT2D eigenvalue weighted by Crippen LogP contribution is -2.51. The summed E-state index contributed by atoms with van der Waals surface area (Å²) in [6.07, 6.45) is 0. The molecule has 0 aromatic heterocycles. The Balaban J connectivity index is 1.94. The Bertz CT molecular complexity index is 591. The highest BCUT2D eigenvalue weighted by Gasteiger charge is 2.28. The zero-order valence-electron chi connectivity index (χ0n) is 15.5. The average molecular weight is 366 g/mol. The van der Waals surface area contributed by atoms with Crippen molar-refractivity contribution in [3.05, 3.63) is 23.8 Å². The van der Waals surface area contributed by atoms with Gasteiger partial charge in [0.05, 0.1) is 27.4 Å². The Morgan fingerprint density at radius 1 is 0.923 bits per heavy atom. The fourth-order valence-electron chi connectivity index (χ4n) is 2.77. The Labute approximate surface area is 153 Å². The molecule has 0 N–H and O–H groups in total. The van der Waals surface area contributed by atoms with Crippen molar-refractivity contribution in [1.82, 2.24) is 9.80 Å². The minimum absolute atomic E-state index is 0.0254. The van der Waals surface area contributed by atoms with Crippen LogP contribution in [0.4, 0.5) is 0 Å². The van der Waals surface area contributed by atoms with Gasteiger partial charge in [-0.05, 0) is 12.1 Å². The van der Waals surface area contributed by atoms with Crippen LogP contribution in [-0.4, -0.2) is 88.9 Å². The van der Waals surface area contributed by atoms with Gasteiger partial charge >= 0.3 is 0 Å². The summed E-state index contributed by atoms with van der Waals surface area (Å²) in [7, 11) is 4.62. The highest BCUT2D eigenvalue weighted by molar-refractivity contribution is 5.99. The third-order valence-electron chi connectivity index (χ3n) is 4.22. The normalized spacial score (nSPS) is 14.3. The molecule has 8 heteroatoms. The van der Waals surface area contributed by atoms with E-state index in [-0.39, 0.29) is 18.4 Å². The first-order chi connectivity index (χ1) is 12.6. The molecule has 0 atom stereocenters. The highest BCUT2D eigenvalue weighted by Crippen LogP contribution is 2.29. The van der Waals surface area contributed by atoms with E-state index in [1.165, 1.54) is 14.2 Å². The standard InChI is InChI=1S/C18H26N2O6/c1-23-11-12-26-13-16(21)19-7-9-20(10-8-19)18(22)17-14(24-2)5-4-6-15(17)25-3/h4-6H,7-13H2,1-3H3. The largest absolute Gasteiger partial charge is 0.496 e. The van der Waals surface area contributed by atoms with Gasteiger partial charge in [-0.3, -0.25) is 9.59 Å². The molecule has 144 valence electrons. The van der Waals surface area contributed by atoms with E-state index < -0.39 is 0 Å². The molecule has 0 saturated carbocycles. The average Bonchev–Trinajstić information content (AvgIpc) is 2.69. The van der Waals surface area contributed by atoms with Gasteiger partial charge in [-0.2, -0.15) is 0 Å². The second-order valence-electron chi connectivity index (χ2n) is 5.76. The lowest BCUT2D eigenvalue weighted by molar-refractivity contribution is -0.138. The molecule has 0 spiro atoms. The molecule has 0 unspecified atom stereocenters. The fraction of sp³-hybridized carbons (Fsp3) is 0.556. The molecule has 26 heavy (non-hydrogen) atoms. The first-order valence-corrected chi connectivity index (χ1v) is 8.47. The lowest BCUT2D eigenvalue weighted by atomic mass is 10.1. The molecular weight excluding hydrogens is 340 g/mol. The maximum atomic E-state index is 12.9. The van der Waals surface area contributed by atoms with Crippen molar-refractivity contribution in [2.75, 3.05) is 67.3 Å². The minimum atomic E-state index is -0.164. The first kappa shape index (κ1) is 20.0. The summed E-state index contributed by atoms with van der Waals surface area (Å²) in [5.41, 5.74) is 0.403. The maximum absolute atomic E-state index is 12.9. The van der Waals surface area contributed by atoms with Gasteiger partial charge in [-0.1, -0.05) is 6.07 Å². The van der Waals surface area contributed by atoms with Crippen LogP contribution in [0.1, 0.15) is 10.4 Å². The molecule has 1 aromatic carbocycles. The number of methoxy groups -OCH3 is 3.